The van der Waals surface area contributed by atoms with Gasteiger partial charge in [0, 0.05) is 30.1 Å². The molecule has 30 heavy (non-hydrogen) atoms. The summed E-state index contributed by atoms with van der Waals surface area (Å²) in [4.78, 5) is 44.7. The molecule has 2 fully saturated rings. The SMILES string of the molecule is O=C(CCN1C(=O)C2CCCCC2C1=O)Nc1c(-c2ccccc2)nc2sccn12. The van der Waals surface area contributed by atoms with E-state index in [0.29, 0.717) is 11.5 Å². The third kappa shape index (κ3) is 3.21. The second kappa shape index (κ2) is 7.68. The minimum Gasteiger partial charge on any atom is -0.310 e. The van der Waals surface area contributed by atoms with Crippen LogP contribution in [0.5, 0.6) is 0 Å². The largest absolute Gasteiger partial charge is 0.310 e. The van der Waals surface area contributed by atoms with Gasteiger partial charge in [-0.25, -0.2) is 4.98 Å². The van der Waals surface area contributed by atoms with Crippen molar-refractivity contribution in [3.05, 3.63) is 41.9 Å². The van der Waals surface area contributed by atoms with Gasteiger partial charge in [0.1, 0.15) is 11.5 Å². The molecule has 154 valence electrons. The average molecular weight is 423 g/mol. The summed E-state index contributed by atoms with van der Waals surface area (Å²) >= 11 is 1.49. The summed E-state index contributed by atoms with van der Waals surface area (Å²) in [5.41, 5.74) is 1.62. The fourth-order valence-corrected chi connectivity index (χ4v) is 5.28. The minimum absolute atomic E-state index is 0.0719. The normalized spacial score (nSPS) is 21.3. The van der Waals surface area contributed by atoms with E-state index in [0.717, 1.165) is 36.2 Å². The number of benzene rings is 1. The fraction of sp³-hybridized carbons (Fsp3) is 0.364. The molecule has 1 aliphatic heterocycles. The summed E-state index contributed by atoms with van der Waals surface area (Å²) in [6.07, 6.45) is 5.49. The van der Waals surface area contributed by atoms with Gasteiger partial charge < -0.3 is 5.32 Å². The van der Waals surface area contributed by atoms with Gasteiger partial charge in [-0.05, 0) is 12.8 Å². The maximum Gasteiger partial charge on any atom is 0.233 e. The van der Waals surface area contributed by atoms with Crippen molar-refractivity contribution in [2.45, 2.75) is 32.1 Å². The number of hydrogen-bond donors (Lipinski definition) is 1. The molecule has 1 aliphatic carbocycles. The third-order valence-electron chi connectivity index (χ3n) is 6.06. The van der Waals surface area contributed by atoms with Crippen molar-refractivity contribution in [3.63, 3.8) is 0 Å². The molecule has 0 spiro atoms. The van der Waals surface area contributed by atoms with Gasteiger partial charge in [0.25, 0.3) is 0 Å². The first-order valence-electron chi connectivity index (χ1n) is 10.3. The zero-order chi connectivity index (χ0) is 20.7. The number of imidazole rings is 1. The van der Waals surface area contributed by atoms with Crippen LogP contribution in [0.15, 0.2) is 41.9 Å². The number of carbonyl (C=O) groups is 3. The van der Waals surface area contributed by atoms with Crippen LogP contribution in [-0.4, -0.2) is 38.6 Å². The van der Waals surface area contributed by atoms with Crippen LogP contribution in [0.3, 0.4) is 0 Å². The average Bonchev–Trinajstić information content (AvgIpc) is 3.42. The summed E-state index contributed by atoms with van der Waals surface area (Å²) < 4.78 is 1.85. The molecular formula is C22H22N4O3S. The smallest absolute Gasteiger partial charge is 0.233 e. The first kappa shape index (κ1) is 19.0. The second-order valence-electron chi connectivity index (χ2n) is 7.85. The highest BCUT2D eigenvalue weighted by Crippen LogP contribution is 2.38. The number of amides is 3. The number of nitrogens with one attached hydrogen (secondary N) is 1. The number of aromatic nitrogens is 2. The van der Waals surface area contributed by atoms with Crippen molar-refractivity contribution in [1.29, 1.82) is 0 Å². The third-order valence-corrected chi connectivity index (χ3v) is 6.82. The number of likely N-dealkylation sites (tertiary alicyclic amines) is 1. The Morgan fingerprint density at radius 3 is 2.50 bits per heavy atom. The molecule has 1 N–H and O–H groups in total. The van der Waals surface area contributed by atoms with E-state index in [9.17, 15) is 14.4 Å². The molecule has 7 nitrogen and oxygen atoms in total. The first-order valence-corrected chi connectivity index (χ1v) is 11.2. The molecule has 3 aromatic rings. The number of thiazole rings is 1. The topological polar surface area (TPSA) is 83.8 Å². The van der Waals surface area contributed by atoms with Gasteiger partial charge in [-0.3, -0.25) is 23.7 Å². The molecule has 0 bridgehead atoms. The number of hydrogen-bond acceptors (Lipinski definition) is 5. The lowest BCUT2D eigenvalue weighted by Crippen LogP contribution is -2.34. The number of imide groups is 1. The van der Waals surface area contributed by atoms with E-state index in [2.05, 4.69) is 10.3 Å². The van der Waals surface area contributed by atoms with Gasteiger partial charge in [0.15, 0.2) is 4.96 Å². The van der Waals surface area contributed by atoms with Gasteiger partial charge in [0.05, 0.1) is 11.8 Å². The first-order chi connectivity index (χ1) is 14.6. The van der Waals surface area contributed by atoms with Gasteiger partial charge >= 0.3 is 0 Å². The van der Waals surface area contributed by atoms with Crippen molar-refractivity contribution in [1.82, 2.24) is 14.3 Å². The Bertz CT molecular complexity index is 1100. The summed E-state index contributed by atoms with van der Waals surface area (Å²) in [5.74, 6) is -0.205. The van der Waals surface area contributed by atoms with Crippen molar-refractivity contribution in [2.75, 3.05) is 11.9 Å². The van der Waals surface area contributed by atoms with Crippen molar-refractivity contribution < 1.29 is 14.4 Å². The van der Waals surface area contributed by atoms with Crippen LogP contribution in [0.25, 0.3) is 16.2 Å². The minimum atomic E-state index is -0.240. The lowest BCUT2D eigenvalue weighted by molar-refractivity contribution is -0.140. The zero-order valence-electron chi connectivity index (χ0n) is 16.4. The van der Waals surface area contributed by atoms with E-state index in [4.69, 9.17) is 0 Å². The number of carbonyl (C=O) groups excluding carboxylic acids is 3. The quantitative estimate of drug-likeness (QED) is 0.637. The highest BCUT2D eigenvalue weighted by Gasteiger charge is 2.47. The van der Waals surface area contributed by atoms with Crippen LogP contribution in [0.2, 0.25) is 0 Å². The molecule has 8 heteroatoms. The molecule has 2 aromatic heterocycles. The predicted molar refractivity (Wildman–Crippen MR) is 114 cm³/mol. The molecule has 2 unspecified atom stereocenters. The Balaban J connectivity index is 1.32. The molecule has 2 atom stereocenters. The monoisotopic (exact) mass is 422 g/mol. The molecule has 3 amide bonds. The molecule has 1 aromatic carbocycles. The highest BCUT2D eigenvalue weighted by atomic mass is 32.1. The Kier molecular flexibility index (Phi) is 4.86. The maximum atomic E-state index is 12.7. The van der Waals surface area contributed by atoms with Gasteiger partial charge in [0.2, 0.25) is 17.7 Å². The summed E-state index contributed by atoms with van der Waals surface area (Å²) in [7, 11) is 0. The Morgan fingerprint density at radius 2 is 1.80 bits per heavy atom. The lowest BCUT2D eigenvalue weighted by Gasteiger charge is -2.19. The number of fused-ring (bicyclic) bond motifs is 2. The zero-order valence-corrected chi connectivity index (χ0v) is 17.2. The fourth-order valence-electron chi connectivity index (χ4n) is 4.56. The van der Waals surface area contributed by atoms with E-state index in [1.54, 1.807) is 0 Å². The van der Waals surface area contributed by atoms with E-state index < -0.39 is 0 Å². The Labute approximate surface area is 177 Å². The number of rotatable bonds is 5. The number of anilines is 1. The van der Waals surface area contributed by atoms with E-state index >= 15 is 0 Å². The van der Waals surface area contributed by atoms with Crippen LogP contribution < -0.4 is 5.32 Å². The van der Waals surface area contributed by atoms with Crippen LogP contribution in [0, 0.1) is 11.8 Å². The summed E-state index contributed by atoms with van der Waals surface area (Å²) in [6.45, 7) is 0.128. The van der Waals surface area contributed by atoms with E-state index in [-0.39, 0.29) is 42.5 Å². The Hall–Kier alpha value is -3.00. The van der Waals surface area contributed by atoms with Crippen molar-refractivity contribution in [2.24, 2.45) is 11.8 Å². The second-order valence-corrected chi connectivity index (χ2v) is 8.73. The summed E-state index contributed by atoms with van der Waals surface area (Å²) in [6, 6.07) is 9.69. The molecule has 5 rings (SSSR count). The maximum absolute atomic E-state index is 12.7. The standard InChI is InChI=1S/C22H22N4O3S/c27-17(10-11-26-20(28)15-8-4-5-9-16(15)21(26)29)23-19-18(14-6-2-1-3-7-14)24-22-25(19)12-13-30-22/h1-3,6-7,12-13,15-16H,4-5,8-11H2,(H,23,27). The van der Waals surface area contributed by atoms with Gasteiger partial charge in [-0.2, -0.15) is 0 Å². The molecule has 1 saturated carbocycles. The van der Waals surface area contributed by atoms with Crippen LogP contribution in [-0.2, 0) is 14.4 Å². The van der Waals surface area contributed by atoms with E-state index in [1.807, 2.05) is 46.3 Å². The lowest BCUT2D eigenvalue weighted by atomic mass is 9.81. The van der Waals surface area contributed by atoms with E-state index in [1.165, 1.54) is 16.2 Å². The number of nitrogens with zero attached hydrogens (tertiary/aromatic N) is 3. The van der Waals surface area contributed by atoms with Crippen LogP contribution in [0.4, 0.5) is 5.82 Å². The van der Waals surface area contributed by atoms with Crippen molar-refractivity contribution in [3.8, 4) is 11.3 Å². The molecule has 2 aliphatic rings. The molecular weight excluding hydrogens is 400 g/mol. The van der Waals surface area contributed by atoms with Crippen LogP contribution >= 0.6 is 11.3 Å². The highest BCUT2D eigenvalue weighted by molar-refractivity contribution is 7.15. The molecule has 1 saturated heterocycles. The Morgan fingerprint density at radius 1 is 1.10 bits per heavy atom. The van der Waals surface area contributed by atoms with Gasteiger partial charge in [-0.15, -0.1) is 11.3 Å². The van der Waals surface area contributed by atoms with Crippen molar-refractivity contribution >= 4 is 39.8 Å². The van der Waals surface area contributed by atoms with Crippen LogP contribution in [0.1, 0.15) is 32.1 Å². The predicted octanol–water partition coefficient (Wildman–Crippen LogP) is 3.57. The molecule has 0 radical (unpaired) electrons. The van der Waals surface area contributed by atoms with Gasteiger partial charge in [-0.1, -0.05) is 43.2 Å². The molecule has 3 heterocycles. The summed E-state index contributed by atoms with van der Waals surface area (Å²) in [5, 5.41) is 4.87.